The second kappa shape index (κ2) is 6.76. The minimum Gasteiger partial charge on any atom is -0.497 e. The maximum absolute atomic E-state index is 11.7. The third-order valence-electron chi connectivity index (χ3n) is 2.87. The zero-order valence-electron chi connectivity index (χ0n) is 11.2. The van der Waals surface area contributed by atoms with E-state index < -0.39 is 12.2 Å². The molecule has 7 heteroatoms. The van der Waals surface area contributed by atoms with E-state index in [0.29, 0.717) is 37.6 Å². The lowest BCUT2D eigenvalue weighted by Gasteiger charge is -2.25. The van der Waals surface area contributed by atoms with Crippen LogP contribution in [0.1, 0.15) is 0 Å². The van der Waals surface area contributed by atoms with Gasteiger partial charge >= 0.3 is 12.2 Å². The molecule has 7 nitrogen and oxygen atoms in total. The number of carbonyl (C=O) groups is 2. The lowest BCUT2D eigenvalue weighted by molar-refractivity contribution is 0.119. The normalized spacial score (nSPS) is 14.6. The van der Waals surface area contributed by atoms with Crippen LogP contribution in [0.3, 0.4) is 0 Å². The summed E-state index contributed by atoms with van der Waals surface area (Å²) in [7, 11) is 1.53. The quantitative estimate of drug-likeness (QED) is 0.797. The lowest BCUT2D eigenvalue weighted by atomic mass is 10.3. The Morgan fingerprint density at radius 3 is 2.75 bits per heavy atom. The first-order chi connectivity index (χ1) is 9.69. The zero-order chi connectivity index (χ0) is 14.4. The van der Waals surface area contributed by atoms with Crippen molar-refractivity contribution < 1.29 is 19.1 Å². The van der Waals surface area contributed by atoms with Gasteiger partial charge in [0.2, 0.25) is 0 Å². The van der Waals surface area contributed by atoms with Crippen molar-refractivity contribution in [2.45, 2.75) is 0 Å². The molecule has 2 N–H and O–H groups in total. The van der Waals surface area contributed by atoms with Gasteiger partial charge in [-0.2, -0.15) is 0 Å². The molecule has 0 radical (unpaired) electrons. The van der Waals surface area contributed by atoms with E-state index >= 15 is 0 Å². The summed E-state index contributed by atoms with van der Waals surface area (Å²) in [5.41, 5.74) is 0.502. The molecule has 0 unspecified atom stereocenters. The summed E-state index contributed by atoms with van der Waals surface area (Å²) >= 11 is 0. The van der Waals surface area contributed by atoms with Crippen LogP contribution in [0.4, 0.5) is 15.3 Å². The van der Waals surface area contributed by atoms with Crippen LogP contribution in [0.15, 0.2) is 24.3 Å². The predicted octanol–water partition coefficient (Wildman–Crippen LogP) is 1.27. The average molecular weight is 279 g/mol. The van der Waals surface area contributed by atoms with Crippen LogP contribution in [-0.2, 0) is 4.74 Å². The molecular weight excluding hydrogens is 262 g/mol. The third kappa shape index (κ3) is 3.86. The predicted molar refractivity (Wildman–Crippen MR) is 72.9 cm³/mol. The first kappa shape index (κ1) is 14.1. The van der Waals surface area contributed by atoms with Crippen molar-refractivity contribution in [3.63, 3.8) is 0 Å². The van der Waals surface area contributed by atoms with E-state index in [-0.39, 0.29) is 0 Å². The van der Waals surface area contributed by atoms with E-state index in [1.165, 1.54) is 12.0 Å². The number of methoxy groups -OCH3 is 1. The molecule has 1 fully saturated rings. The van der Waals surface area contributed by atoms with Crippen LogP contribution in [0, 0.1) is 0 Å². The molecule has 108 valence electrons. The van der Waals surface area contributed by atoms with Gasteiger partial charge in [0.1, 0.15) is 5.75 Å². The molecule has 0 aliphatic carbocycles. The number of piperazine rings is 1. The Labute approximate surface area is 116 Å². The monoisotopic (exact) mass is 279 g/mol. The molecular formula is C13H17N3O4. The molecule has 0 spiro atoms. The van der Waals surface area contributed by atoms with Crippen molar-refractivity contribution in [3.05, 3.63) is 24.3 Å². The second-order valence-corrected chi connectivity index (χ2v) is 4.25. The molecule has 0 bridgehead atoms. The first-order valence-electron chi connectivity index (χ1n) is 6.31. The smallest absolute Gasteiger partial charge is 0.420 e. The number of anilines is 1. The number of benzene rings is 1. The number of carbonyl (C=O) groups excluding carboxylic acids is 2. The lowest BCUT2D eigenvalue weighted by Crippen LogP contribution is -2.47. The second-order valence-electron chi connectivity index (χ2n) is 4.25. The molecule has 1 heterocycles. The summed E-state index contributed by atoms with van der Waals surface area (Å²) in [6.45, 7) is 2.47. The first-order valence-corrected chi connectivity index (χ1v) is 6.31. The molecule has 1 saturated heterocycles. The van der Waals surface area contributed by atoms with Gasteiger partial charge in [0.15, 0.2) is 0 Å². The van der Waals surface area contributed by atoms with E-state index in [9.17, 15) is 9.59 Å². The van der Waals surface area contributed by atoms with Gasteiger partial charge in [-0.05, 0) is 12.1 Å². The fraction of sp³-hybridized carbons (Fsp3) is 0.385. The number of rotatable bonds is 2. The van der Waals surface area contributed by atoms with Crippen LogP contribution in [0.5, 0.6) is 5.75 Å². The molecule has 1 aromatic rings. The molecule has 0 aromatic heterocycles. The minimum atomic E-state index is -0.804. The Hall–Kier alpha value is -2.28. The summed E-state index contributed by atoms with van der Waals surface area (Å²) in [4.78, 5) is 24.8. The summed E-state index contributed by atoms with van der Waals surface area (Å²) in [6.07, 6.45) is -1.44. The van der Waals surface area contributed by atoms with Crippen molar-refractivity contribution in [1.29, 1.82) is 0 Å². The zero-order valence-corrected chi connectivity index (χ0v) is 11.2. The van der Waals surface area contributed by atoms with E-state index in [2.05, 4.69) is 10.6 Å². The third-order valence-corrected chi connectivity index (χ3v) is 2.87. The number of hydrogen-bond acceptors (Lipinski definition) is 5. The standard InChI is InChI=1S/C13H17N3O4/c1-19-11-4-2-3-10(9-11)15-12(17)20-13(18)16-7-5-14-6-8-16/h2-4,9,14H,5-8H2,1H3,(H,15,17). The molecule has 0 saturated carbocycles. The summed E-state index contributed by atoms with van der Waals surface area (Å²) in [6, 6.07) is 6.80. The van der Waals surface area contributed by atoms with Gasteiger partial charge in [-0.15, -0.1) is 0 Å². The SMILES string of the molecule is COc1cccc(NC(=O)OC(=O)N2CCNCC2)c1. The largest absolute Gasteiger partial charge is 0.497 e. The van der Waals surface area contributed by atoms with E-state index in [4.69, 9.17) is 9.47 Å². The fourth-order valence-corrected chi connectivity index (χ4v) is 1.84. The molecule has 20 heavy (non-hydrogen) atoms. The maximum atomic E-state index is 11.7. The highest BCUT2D eigenvalue weighted by Gasteiger charge is 2.20. The van der Waals surface area contributed by atoms with Crippen molar-refractivity contribution in [1.82, 2.24) is 10.2 Å². The van der Waals surface area contributed by atoms with Crippen LogP contribution >= 0.6 is 0 Å². The average Bonchev–Trinajstić information content (AvgIpc) is 2.48. The van der Waals surface area contributed by atoms with Gasteiger partial charge < -0.3 is 19.7 Å². The Bertz CT molecular complexity index is 486. The number of nitrogens with zero attached hydrogens (tertiary/aromatic N) is 1. The van der Waals surface area contributed by atoms with Gasteiger partial charge in [-0.3, -0.25) is 5.32 Å². The van der Waals surface area contributed by atoms with Gasteiger partial charge in [0, 0.05) is 37.9 Å². The minimum absolute atomic E-state index is 0.502. The highest BCUT2D eigenvalue weighted by molar-refractivity contribution is 5.92. The maximum Gasteiger partial charge on any atom is 0.420 e. The van der Waals surface area contributed by atoms with Crippen LogP contribution in [0.2, 0.25) is 0 Å². The number of nitrogens with one attached hydrogen (secondary N) is 2. The van der Waals surface area contributed by atoms with Gasteiger partial charge in [0.05, 0.1) is 7.11 Å². The van der Waals surface area contributed by atoms with Crippen LogP contribution in [0.25, 0.3) is 0 Å². The summed E-state index contributed by atoms with van der Waals surface area (Å²) < 4.78 is 9.77. The Balaban J connectivity index is 1.86. The highest BCUT2D eigenvalue weighted by Crippen LogP contribution is 2.16. The van der Waals surface area contributed by atoms with E-state index in [0.717, 1.165) is 0 Å². The Morgan fingerprint density at radius 1 is 1.30 bits per heavy atom. The van der Waals surface area contributed by atoms with Gasteiger partial charge in [-0.1, -0.05) is 6.07 Å². The summed E-state index contributed by atoms with van der Waals surface area (Å²) in [5, 5.41) is 5.59. The van der Waals surface area contributed by atoms with E-state index in [1.54, 1.807) is 24.3 Å². The Morgan fingerprint density at radius 2 is 2.05 bits per heavy atom. The number of hydrogen-bond donors (Lipinski definition) is 2. The van der Waals surface area contributed by atoms with Crippen molar-refractivity contribution in [2.75, 3.05) is 38.6 Å². The number of amides is 2. The summed E-state index contributed by atoms with van der Waals surface area (Å²) in [5.74, 6) is 0.608. The molecule has 1 aliphatic heterocycles. The molecule has 2 rings (SSSR count). The van der Waals surface area contributed by atoms with Crippen LogP contribution in [-0.4, -0.2) is 50.4 Å². The highest BCUT2D eigenvalue weighted by atomic mass is 16.6. The molecule has 2 amide bonds. The molecule has 1 aromatic carbocycles. The van der Waals surface area contributed by atoms with Crippen molar-refractivity contribution in [2.24, 2.45) is 0 Å². The van der Waals surface area contributed by atoms with Crippen LogP contribution < -0.4 is 15.4 Å². The molecule has 1 aliphatic rings. The van der Waals surface area contributed by atoms with Crippen molar-refractivity contribution >= 4 is 17.9 Å². The number of ether oxygens (including phenoxy) is 2. The van der Waals surface area contributed by atoms with E-state index in [1.807, 2.05) is 0 Å². The molecule has 0 atom stereocenters. The fourth-order valence-electron chi connectivity index (χ4n) is 1.84. The Kier molecular flexibility index (Phi) is 4.78. The van der Waals surface area contributed by atoms with Gasteiger partial charge in [-0.25, -0.2) is 9.59 Å². The topological polar surface area (TPSA) is 79.9 Å². The van der Waals surface area contributed by atoms with Crippen molar-refractivity contribution in [3.8, 4) is 5.75 Å². The van der Waals surface area contributed by atoms with Gasteiger partial charge in [0.25, 0.3) is 0 Å².